The van der Waals surface area contributed by atoms with Crippen molar-refractivity contribution in [1.29, 1.82) is 0 Å². The van der Waals surface area contributed by atoms with Crippen molar-refractivity contribution in [3.8, 4) is 0 Å². The average Bonchev–Trinajstić information content (AvgIpc) is 2.26. The summed E-state index contributed by atoms with van der Waals surface area (Å²) in [5.41, 5.74) is 0.426. The number of hydrogen-bond acceptors (Lipinski definition) is 3. The minimum absolute atomic E-state index is 0.0431. The number of anilines is 1. The number of aromatic carboxylic acids is 1. The van der Waals surface area contributed by atoms with Crippen LogP contribution in [0.25, 0.3) is 0 Å². The van der Waals surface area contributed by atoms with E-state index in [1.165, 1.54) is 18.5 Å². The molecule has 1 aromatic heterocycles. The second kappa shape index (κ2) is 5.65. The molecule has 1 rings (SSSR count). The van der Waals surface area contributed by atoms with E-state index in [-0.39, 0.29) is 11.5 Å². The average molecular weight is 220 g/mol. The summed E-state index contributed by atoms with van der Waals surface area (Å²) >= 11 is 0. The number of carbonyl (C=O) groups is 2. The van der Waals surface area contributed by atoms with Gasteiger partial charge in [-0.2, -0.15) is 0 Å². The maximum Gasteiger partial charge on any atom is 0.337 e. The van der Waals surface area contributed by atoms with Crippen molar-refractivity contribution < 1.29 is 14.7 Å². The highest BCUT2D eigenvalue weighted by Crippen LogP contribution is 2.09. The second-order valence-electron chi connectivity index (χ2n) is 3.14. The van der Waals surface area contributed by atoms with Crippen LogP contribution < -0.4 is 5.32 Å². The van der Waals surface area contributed by atoms with Crippen molar-refractivity contribution in [2.75, 3.05) is 5.32 Å². The molecule has 0 unspecified atom stereocenters. The molecule has 1 heterocycles. The van der Waals surface area contributed by atoms with Crippen molar-refractivity contribution in [2.45, 2.75) is 12.8 Å². The molecule has 0 bridgehead atoms. The maximum absolute atomic E-state index is 11.3. The summed E-state index contributed by atoms with van der Waals surface area (Å²) in [5.74, 6) is -1.26. The minimum atomic E-state index is -1.07. The Morgan fingerprint density at radius 3 is 2.88 bits per heavy atom. The predicted molar refractivity (Wildman–Crippen MR) is 59.3 cm³/mol. The van der Waals surface area contributed by atoms with Crippen LogP contribution in [0.4, 0.5) is 5.69 Å². The zero-order chi connectivity index (χ0) is 12.0. The molecule has 0 atom stereocenters. The number of nitrogens with zero attached hydrogens (tertiary/aromatic N) is 1. The Labute approximate surface area is 92.8 Å². The normalized spacial score (nSPS) is 9.50. The van der Waals surface area contributed by atoms with Crippen molar-refractivity contribution in [3.63, 3.8) is 0 Å². The molecule has 0 saturated heterocycles. The summed E-state index contributed by atoms with van der Waals surface area (Å²) in [6, 6.07) is 1.36. The standard InChI is InChI=1S/C11H12N2O3/c1-2-3-4-10(14)13-9-5-8(11(15)16)6-12-7-9/h2,5-7H,1,3-4H2,(H,13,14)(H,15,16). The topological polar surface area (TPSA) is 79.3 Å². The molecule has 5 nitrogen and oxygen atoms in total. The summed E-state index contributed by atoms with van der Waals surface area (Å²) in [6.07, 6.45) is 5.17. The number of rotatable bonds is 5. The summed E-state index contributed by atoms with van der Waals surface area (Å²) < 4.78 is 0. The molecule has 84 valence electrons. The largest absolute Gasteiger partial charge is 0.478 e. The fourth-order valence-electron chi connectivity index (χ4n) is 1.08. The fourth-order valence-corrected chi connectivity index (χ4v) is 1.08. The van der Waals surface area contributed by atoms with E-state index in [4.69, 9.17) is 5.11 Å². The Bertz CT molecular complexity index is 415. The van der Waals surface area contributed by atoms with Gasteiger partial charge in [-0.1, -0.05) is 6.08 Å². The van der Waals surface area contributed by atoms with Gasteiger partial charge in [0.25, 0.3) is 0 Å². The van der Waals surface area contributed by atoms with Crippen LogP contribution in [0.1, 0.15) is 23.2 Å². The molecule has 0 radical (unpaired) electrons. The molecule has 0 aliphatic rings. The lowest BCUT2D eigenvalue weighted by Crippen LogP contribution is -2.11. The quantitative estimate of drug-likeness (QED) is 0.740. The molecule has 0 saturated carbocycles. The molecular weight excluding hydrogens is 208 g/mol. The van der Waals surface area contributed by atoms with E-state index in [0.717, 1.165) is 0 Å². The van der Waals surface area contributed by atoms with Crippen LogP contribution in [0, 0.1) is 0 Å². The van der Waals surface area contributed by atoms with Crippen LogP contribution in [0.2, 0.25) is 0 Å². The molecule has 0 aliphatic heterocycles. The highest BCUT2D eigenvalue weighted by Gasteiger charge is 2.06. The number of nitrogens with one attached hydrogen (secondary N) is 1. The monoisotopic (exact) mass is 220 g/mol. The van der Waals surface area contributed by atoms with Gasteiger partial charge in [0.05, 0.1) is 17.4 Å². The molecule has 16 heavy (non-hydrogen) atoms. The van der Waals surface area contributed by atoms with Gasteiger partial charge in [-0.05, 0) is 12.5 Å². The first-order valence-electron chi connectivity index (χ1n) is 4.72. The van der Waals surface area contributed by atoms with E-state index in [1.54, 1.807) is 6.08 Å². The summed E-state index contributed by atoms with van der Waals surface area (Å²) in [7, 11) is 0. The van der Waals surface area contributed by atoms with E-state index in [9.17, 15) is 9.59 Å². The third kappa shape index (κ3) is 3.53. The first kappa shape index (κ1) is 11.9. The smallest absolute Gasteiger partial charge is 0.337 e. The lowest BCUT2D eigenvalue weighted by Gasteiger charge is -2.04. The highest BCUT2D eigenvalue weighted by atomic mass is 16.4. The Balaban J connectivity index is 2.66. The van der Waals surface area contributed by atoms with Gasteiger partial charge >= 0.3 is 5.97 Å². The van der Waals surface area contributed by atoms with E-state index >= 15 is 0 Å². The molecule has 0 aromatic carbocycles. The minimum Gasteiger partial charge on any atom is -0.478 e. The zero-order valence-electron chi connectivity index (χ0n) is 8.64. The number of amides is 1. The Morgan fingerprint density at radius 2 is 2.25 bits per heavy atom. The maximum atomic E-state index is 11.3. The molecular formula is C11H12N2O3. The van der Waals surface area contributed by atoms with Crippen LogP contribution in [-0.4, -0.2) is 22.0 Å². The first-order chi connectivity index (χ1) is 7.63. The molecule has 1 aromatic rings. The second-order valence-corrected chi connectivity index (χ2v) is 3.14. The SMILES string of the molecule is C=CCCC(=O)Nc1cncc(C(=O)O)c1. The summed E-state index contributed by atoms with van der Waals surface area (Å²) in [4.78, 5) is 25.7. The van der Waals surface area contributed by atoms with Gasteiger partial charge in [-0.25, -0.2) is 4.79 Å². The number of pyridine rings is 1. The van der Waals surface area contributed by atoms with Crippen LogP contribution in [0.5, 0.6) is 0 Å². The van der Waals surface area contributed by atoms with Gasteiger partial charge in [-0.3, -0.25) is 9.78 Å². The molecule has 0 fully saturated rings. The van der Waals surface area contributed by atoms with Gasteiger partial charge in [0.2, 0.25) is 5.91 Å². The number of carboxylic acid groups (broad SMARTS) is 1. The molecule has 2 N–H and O–H groups in total. The Morgan fingerprint density at radius 1 is 1.50 bits per heavy atom. The number of carbonyl (C=O) groups excluding carboxylic acids is 1. The van der Waals surface area contributed by atoms with E-state index in [1.807, 2.05) is 0 Å². The number of carboxylic acids is 1. The van der Waals surface area contributed by atoms with E-state index in [2.05, 4.69) is 16.9 Å². The molecule has 0 aliphatic carbocycles. The van der Waals surface area contributed by atoms with Crippen molar-refractivity contribution in [3.05, 3.63) is 36.7 Å². The summed E-state index contributed by atoms with van der Waals surface area (Å²) in [5, 5.41) is 11.3. The molecule has 1 amide bonds. The van der Waals surface area contributed by atoms with Crippen LogP contribution in [0.15, 0.2) is 31.1 Å². The van der Waals surface area contributed by atoms with Gasteiger partial charge in [0.1, 0.15) is 0 Å². The lowest BCUT2D eigenvalue weighted by molar-refractivity contribution is -0.116. The molecule has 0 spiro atoms. The van der Waals surface area contributed by atoms with E-state index < -0.39 is 5.97 Å². The summed E-state index contributed by atoms with van der Waals surface area (Å²) in [6.45, 7) is 3.51. The third-order valence-corrected chi connectivity index (χ3v) is 1.84. The lowest BCUT2D eigenvalue weighted by atomic mass is 10.2. The van der Waals surface area contributed by atoms with Gasteiger partial charge in [0.15, 0.2) is 0 Å². The number of aromatic nitrogens is 1. The zero-order valence-corrected chi connectivity index (χ0v) is 8.64. The van der Waals surface area contributed by atoms with Crippen molar-refractivity contribution in [2.24, 2.45) is 0 Å². The fraction of sp³-hybridized carbons (Fsp3) is 0.182. The van der Waals surface area contributed by atoms with Crippen LogP contribution in [0.3, 0.4) is 0 Å². The number of hydrogen-bond donors (Lipinski definition) is 2. The van der Waals surface area contributed by atoms with Crippen molar-refractivity contribution >= 4 is 17.6 Å². The van der Waals surface area contributed by atoms with Gasteiger partial charge in [-0.15, -0.1) is 6.58 Å². The number of allylic oxidation sites excluding steroid dienone is 1. The van der Waals surface area contributed by atoms with Gasteiger partial charge in [0, 0.05) is 12.6 Å². The van der Waals surface area contributed by atoms with Gasteiger partial charge < -0.3 is 10.4 Å². The third-order valence-electron chi connectivity index (χ3n) is 1.84. The predicted octanol–water partition coefficient (Wildman–Crippen LogP) is 1.68. The van der Waals surface area contributed by atoms with Crippen LogP contribution in [-0.2, 0) is 4.79 Å². The van der Waals surface area contributed by atoms with Crippen molar-refractivity contribution in [1.82, 2.24) is 4.98 Å². The highest BCUT2D eigenvalue weighted by molar-refractivity contribution is 5.93. The van der Waals surface area contributed by atoms with E-state index in [0.29, 0.717) is 18.5 Å². The first-order valence-corrected chi connectivity index (χ1v) is 4.72. The Kier molecular flexibility index (Phi) is 4.20. The van der Waals surface area contributed by atoms with Crippen LogP contribution >= 0.6 is 0 Å². The molecule has 5 heteroatoms. The Hall–Kier alpha value is -2.17.